The number of aromatic nitrogens is 2. The molecule has 0 unspecified atom stereocenters. The van der Waals surface area contributed by atoms with Crippen molar-refractivity contribution < 1.29 is 4.39 Å². The minimum atomic E-state index is -0.578. The van der Waals surface area contributed by atoms with Crippen LogP contribution in [0.5, 0.6) is 0 Å². The van der Waals surface area contributed by atoms with E-state index in [1.165, 1.54) is 6.07 Å². The van der Waals surface area contributed by atoms with E-state index in [0.29, 0.717) is 11.4 Å². The van der Waals surface area contributed by atoms with Crippen LogP contribution in [-0.4, -0.2) is 27.1 Å². The Morgan fingerprint density at radius 2 is 1.96 bits per heavy atom. The van der Waals surface area contributed by atoms with Gasteiger partial charge in [0, 0.05) is 24.5 Å². The fourth-order valence-electron chi connectivity index (χ4n) is 4.14. The summed E-state index contributed by atoms with van der Waals surface area (Å²) in [4.78, 5) is 14.9. The van der Waals surface area contributed by atoms with Gasteiger partial charge in [-0.1, -0.05) is 13.3 Å². The van der Waals surface area contributed by atoms with E-state index in [2.05, 4.69) is 15.0 Å². The van der Waals surface area contributed by atoms with Crippen LogP contribution in [-0.2, 0) is 6.42 Å². The van der Waals surface area contributed by atoms with Crippen molar-refractivity contribution in [2.75, 3.05) is 4.90 Å². The molecule has 1 spiro atoms. The minimum absolute atomic E-state index is 0.189. The molecule has 2 aliphatic rings. The maximum absolute atomic E-state index is 15.0. The summed E-state index contributed by atoms with van der Waals surface area (Å²) in [6.07, 6.45) is 8.99. The molecular weight excluding hydrogens is 345 g/mol. The number of anilines is 1. The molecule has 1 aliphatic heterocycles. The summed E-state index contributed by atoms with van der Waals surface area (Å²) in [5, 5.41) is 0. The Hall–Kier alpha value is -2.90. The van der Waals surface area contributed by atoms with Crippen LogP contribution in [0.15, 0.2) is 40.6 Å². The van der Waals surface area contributed by atoms with Crippen molar-refractivity contribution in [3.05, 3.63) is 42.2 Å². The van der Waals surface area contributed by atoms with Gasteiger partial charge in [0.2, 0.25) is 11.9 Å². The normalized spacial score (nSPS) is 19.1. The first-order chi connectivity index (χ1) is 13.0. The highest BCUT2D eigenvalue weighted by molar-refractivity contribution is 6.05. The molecule has 0 amide bonds. The van der Waals surface area contributed by atoms with Crippen LogP contribution in [0.4, 0.5) is 10.1 Å². The molecular formula is C19H24FN7. The summed E-state index contributed by atoms with van der Waals surface area (Å²) >= 11 is 0. The van der Waals surface area contributed by atoms with E-state index < -0.39 is 5.66 Å². The number of hydrogen-bond donors (Lipinski definition) is 2. The Balaban J connectivity index is 1.76. The van der Waals surface area contributed by atoms with Gasteiger partial charge < -0.3 is 16.0 Å². The Morgan fingerprint density at radius 3 is 2.67 bits per heavy atom. The summed E-state index contributed by atoms with van der Waals surface area (Å²) in [6.45, 7) is 1.99. The number of nitrogens with two attached hydrogens (primary N) is 2. The van der Waals surface area contributed by atoms with Crippen LogP contribution in [0, 0.1) is 5.82 Å². The lowest BCUT2D eigenvalue weighted by molar-refractivity contribution is 0.305. The van der Waals surface area contributed by atoms with Crippen molar-refractivity contribution in [1.29, 1.82) is 0 Å². The van der Waals surface area contributed by atoms with Crippen LogP contribution >= 0.6 is 0 Å². The highest BCUT2D eigenvalue weighted by Crippen LogP contribution is 2.40. The van der Waals surface area contributed by atoms with Gasteiger partial charge in [-0.05, 0) is 43.9 Å². The molecule has 1 aromatic heterocycles. The first-order valence-electron chi connectivity index (χ1n) is 9.36. The molecule has 1 fully saturated rings. The highest BCUT2D eigenvalue weighted by atomic mass is 19.1. The van der Waals surface area contributed by atoms with E-state index in [-0.39, 0.29) is 17.7 Å². The van der Waals surface area contributed by atoms with E-state index >= 15 is 4.39 Å². The van der Waals surface area contributed by atoms with Crippen molar-refractivity contribution in [2.45, 2.75) is 51.1 Å². The Bertz CT molecular complexity index is 909. The van der Waals surface area contributed by atoms with Crippen molar-refractivity contribution >= 4 is 17.6 Å². The third kappa shape index (κ3) is 2.94. The average molecular weight is 369 g/mol. The third-order valence-electron chi connectivity index (χ3n) is 5.33. The monoisotopic (exact) mass is 369 g/mol. The lowest BCUT2D eigenvalue weighted by Crippen LogP contribution is -2.58. The van der Waals surface area contributed by atoms with Crippen molar-refractivity contribution in [1.82, 2.24) is 9.55 Å². The number of aliphatic imine (C=N–C) groups is 2. The quantitative estimate of drug-likeness (QED) is 0.869. The van der Waals surface area contributed by atoms with Gasteiger partial charge in [0.25, 0.3) is 0 Å². The zero-order chi connectivity index (χ0) is 19.0. The van der Waals surface area contributed by atoms with E-state index in [1.54, 1.807) is 23.0 Å². The molecule has 142 valence electrons. The fourth-order valence-corrected chi connectivity index (χ4v) is 4.14. The number of nitrogens with zero attached hydrogens (tertiary/aromatic N) is 5. The van der Waals surface area contributed by atoms with Gasteiger partial charge in [-0.3, -0.25) is 4.90 Å². The van der Waals surface area contributed by atoms with Crippen molar-refractivity contribution in [3.63, 3.8) is 0 Å². The first-order valence-corrected chi connectivity index (χ1v) is 9.36. The number of halogens is 1. The second-order valence-corrected chi connectivity index (χ2v) is 7.02. The van der Waals surface area contributed by atoms with Gasteiger partial charge in [-0.15, -0.1) is 0 Å². The maximum atomic E-state index is 15.0. The summed E-state index contributed by atoms with van der Waals surface area (Å²) in [7, 11) is 0. The van der Waals surface area contributed by atoms with Crippen molar-refractivity contribution in [3.8, 4) is 5.69 Å². The zero-order valence-electron chi connectivity index (χ0n) is 15.4. The molecule has 4 rings (SSSR count). The fraction of sp³-hybridized carbons (Fsp3) is 0.421. The smallest absolute Gasteiger partial charge is 0.220 e. The molecule has 4 N–H and O–H groups in total. The Morgan fingerprint density at radius 1 is 1.19 bits per heavy atom. The van der Waals surface area contributed by atoms with Crippen LogP contribution in [0.1, 0.15) is 44.9 Å². The molecule has 0 saturated heterocycles. The molecule has 2 heterocycles. The second-order valence-electron chi connectivity index (χ2n) is 7.02. The Kier molecular flexibility index (Phi) is 4.33. The average Bonchev–Trinajstić information content (AvgIpc) is 3.10. The zero-order valence-corrected chi connectivity index (χ0v) is 15.4. The molecule has 0 bridgehead atoms. The summed E-state index contributed by atoms with van der Waals surface area (Å²) in [5.74, 6) is 0.908. The summed E-state index contributed by atoms with van der Waals surface area (Å²) in [6, 6.07) is 5.09. The number of imidazole rings is 1. The van der Waals surface area contributed by atoms with Gasteiger partial charge in [-0.25, -0.2) is 14.4 Å². The number of benzene rings is 1. The number of aryl methyl sites for hydroxylation is 1. The summed E-state index contributed by atoms with van der Waals surface area (Å²) < 4.78 is 16.8. The molecule has 0 atom stereocenters. The molecule has 0 radical (unpaired) electrons. The Labute approximate surface area is 157 Å². The molecule has 1 aliphatic carbocycles. The molecule has 1 aromatic carbocycles. The number of guanidine groups is 2. The predicted octanol–water partition coefficient (Wildman–Crippen LogP) is 2.68. The molecule has 7 nitrogen and oxygen atoms in total. The van der Waals surface area contributed by atoms with Gasteiger partial charge in [-0.2, -0.15) is 4.99 Å². The van der Waals surface area contributed by atoms with Crippen LogP contribution < -0.4 is 16.4 Å². The van der Waals surface area contributed by atoms with Crippen LogP contribution in [0.2, 0.25) is 0 Å². The second kappa shape index (κ2) is 6.68. The molecule has 8 heteroatoms. The van der Waals surface area contributed by atoms with Crippen LogP contribution in [0.3, 0.4) is 0 Å². The van der Waals surface area contributed by atoms with Gasteiger partial charge >= 0.3 is 0 Å². The van der Waals surface area contributed by atoms with Crippen LogP contribution in [0.25, 0.3) is 5.69 Å². The lowest BCUT2D eigenvalue weighted by atomic mass is 9.87. The number of rotatable bonds is 3. The first kappa shape index (κ1) is 17.5. The third-order valence-corrected chi connectivity index (χ3v) is 5.33. The van der Waals surface area contributed by atoms with Gasteiger partial charge in [0.15, 0.2) is 0 Å². The molecule has 1 saturated carbocycles. The van der Waals surface area contributed by atoms with E-state index in [9.17, 15) is 0 Å². The van der Waals surface area contributed by atoms with Gasteiger partial charge in [0.05, 0.1) is 5.69 Å². The predicted molar refractivity (Wildman–Crippen MR) is 104 cm³/mol. The molecule has 2 aromatic rings. The number of hydrogen-bond acceptors (Lipinski definition) is 6. The van der Waals surface area contributed by atoms with E-state index in [1.807, 2.05) is 17.9 Å². The molecule has 27 heavy (non-hydrogen) atoms. The standard InChI is InChI=1S/C19H24FN7/c1-2-16-23-10-11-26(16)15-7-6-13(12-14(15)20)27-18(22)24-17(21)25-19(27)8-4-3-5-9-19/h6-7,10-12H,2-5,8-9H2,1H3,(H4,21,22,24,25). The summed E-state index contributed by atoms with van der Waals surface area (Å²) in [5.41, 5.74) is 12.6. The SMILES string of the molecule is CCc1nccn1-c1ccc(N2C(N)=NC(N)=NC23CCCCC3)cc1F. The van der Waals surface area contributed by atoms with E-state index in [0.717, 1.165) is 44.3 Å². The van der Waals surface area contributed by atoms with Gasteiger partial charge in [0.1, 0.15) is 17.3 Å². The topological polar surface area (TPSA) is 97.8 Å². The lowest BCUT2D eigenvalue weighted by Gasteiger charge is -2.45. The largest absolute Gasteiger partial charge is 0.369 e. The minimum Gasteiger partial charge on any atom is -0.369 e. The highest BCUT2D eigenvalue weighted by Gasteiger charge is 2.42. The van der Waals surface area contributed by atoms with Crippen molar-refractivity contribution in [2.24, 2.45) is 21.5 Å². The maximum Gasteiger partial charge on any atom is 0.220 e. The van der Waals surface area contributed by atoms with E-state index in [4.69, 9.17) is 11.5 Å².